The molecule has 0 bridgehead atoms. The van der Waals surface area contributed by atoms with Crippen molar-refractivity contribution >= 4 is 34.7 Å². The van der Waals surface area contributed by atoms with Crippen LogP contribution in [0.25, 0.3) is 4.91 Å². The van der Waals surface area contributed by atoms with Gasteiger partial charge in [-0.2, -0.15) is 26.3 Å². The summed E-state index contributed by atoms with van der Waals surface area (Å²) >= 11 is 0.507. The van der Waals surface area contributed by atoms with Crippen LogP contribution in [0.5, 0.6) is 5.75 Å². The summed E-state index contributed by atoms with van der Waals surface area (Å²) in [4.78, 5) is 41.0. The second-order valence-electron chi connectivity index (χ2n) is 9.20. The molecule has 0 saturated heterocycles. The lowest BCUT2D eigenvalue weighted by molar-refractivity contribution is -0.301. The van der Waals surface area contributed by atoms with Crippen molar-refractivity contribution in [2.45, 2.75) is 57.5 Å². The highest BCUT2D eigenvalue weighted by molar-refractivity contribution is 8.07. The van der Waals surface area contributed by atoms with E-state index in [2.05, 4.69) is 15.0 Å². The molecule has 2 amide bonds. The third-order valence-corrected chi connectivity index (χ3v) is 6.33. The van der Waals surface area contributed by atoms with Gasteiger partial charge in [0.15, 0.2) is 0 Å². The lowest BCUT2D eigenvalue weighted by atomic mass is 9.88. The second-order valence-corrected chi connectivity index (χ2v) is 10.0. The highest BCUT2D eigenvalue weighted by atomic mass is 32.2. The fraction of sp³-hybridized carbons (Fsp3) is 0.542. The topological polar surface area (TPSA) is 121 Å². The van der Waals surface area contributed by atoms with Gasteiger partial charge in [0.2, 0.25) is 0 Å². The van der Waals surface area contributed by atoms with Crippen LogP contribution in [0.1, 0.15) is 38.8 Å². The molecule has 0 heterocycles. The van der Waals surface area contributed by atoms with Crippen LogP contribution in [0, 0.1) is 4.91 Å². The van der Waals surface area contributed by atoms with Gasteiger partial charge in [0, 0.05) is 35.7 Å². The zero-order valence-corrected chi connectivity index (χ0v) is 24.0. The van der Waals surface area contributed by atoms with Crippen LogP contribution >= 0.6 is 11.8 Å². The van der Waals surface area contributed by atoms with Crippen molar-refractivity contribution in [3.63, 3.8) is 0 Å². The monoisotopic (exact) mass is 654 g/mol. The molecule has 1 aromatic rings. The van der Waals surface area contributed by atoms with Crippen molar-refractivity contribution in [1.82, 2.24) is 10.2 Å². The van der Waals surface area contributed by atoms with Gasteiger partial charge in [0.1, 0.15) is 11.4 Å². The molecule has 242 valence electrons. The molecule has 0 aliphatic heterocycles. The van der Waals surface area contributed by atoms with Crippen LogP contribution in [-0.2, 0) is 15.1 Å². The van der Waals surface area contributed by atoms with Gasteiger partial charge in [-0.3, -0.25) is 9.59 Å². The summed E-state index contributed by atoms with van der Waals surface area (Å²) in [5.41, 5.74) is -10.4. The number of rotatable bonds is 12. The minimum atomic E-state index is -6.44. The molecule has 0 aliphatic rings. The van der Waals surface area contributed by atoms with E-state index in [-0.39, 0.29) is 31.8 Å². The van der Waals surface area contributed by atoms with E-state index in [1.165, 1.54) is 39.1 Å². The summed E-state index contributed by atoms with van der Waals surface area (Å²) in [7, 11) is 0. The zero-order valence-electron chi connectivity index (χ0n) is 23.2. The number of nitrogens with one attached hydrogen (secondary N) is 1. The molecule has 9 nitrogen and oxygen atoms in total. The average molecular weight is 655 g/mol. The van der Waals surface area contributed by atoms with Gasteiger partial charge in [-0.15, -0.1) is 29.8 Å². The number of aliphatic imine (C=N–C) groups is 1. The summed E-state index contributed by atoms with van der Waals surface area (Å²) in [6.07, 6.45) is -16.8. The minimum Gasteiger partial charge on any atom is -0.405 e. The van der Waals surface area contributed by atoms with Gasteiger partial charge < -0.3 is 20.1 Å². The molecule has 2 N–H and O–H groups in total. The molecular formula is C24H27F9N4O5S. The molecule has 19 heteroatoms. The Morgan fingerprint density at radius 2 is 1.56 bits per heavy atom. The first-order chi connectivity index (χ1) is 19.5. The molecule has 0 aliphatic carbocycles. The number of amides is 2. The Labute approximate surface area is 243 Å². The maximum atomic E-state index is 13.7. The highest BCUT2D eigenvalue weighted by Crippen LogP contribution is 2.54. The van der Waals surface area contributed by atoms with Crippen molar-refractivity contribution in [2.24, 2.45) is 10.2 Å². The largest absolute Gasteiger partial charge is 0.573 e. The molecule has 0 atom stereocenters. The van der Waals surface area contributed by atoms with E-state index < -0.39 is 69.1 Å². The summed E-state index contributed by atoms with van der Waals surface area (Å²) in [6, 6.07) is 0.107. The SMILES string of the molecule is CCN(CC)C(=O)C(/N=C/C(=O)NCC(C)(C)O)=C(/SC)c1ccc(C(N=O)(C(F)(F)F)C(F)(F)F)cc1OC(F)(F)F. The molecule has 1 rings (SSSR count). The molecule has 0 aromatic heterocycles. The Bertz CT molecular complexity index is 1220. The number of alkyl halides is 9. The number of aliphatic hydroxyl groups is 1. The first-order valence-electron chi connectivity index (χ1n) is 12.0. The predicted octanol–water partition coefficient (Wildman–Crippen LogP) is 5.53. The van der Waals surface area contributed by atoms with Gasteiger partial charge in [-0.1, -0.05) is 6.07 Å². The van der Waals surface area contributed by atoms with E-state index in [0.717, 1.165) is 4.90 Å². The normalized spacial score (nSPS) is 13.9. The summed E-state index contributed by atoms with van der Waals surface area (Å²) < 4.78 is 126. The van der Waals surface area contributed by atoms with Crippen molar-refractivity contribution in [2.75, 3.05) is 25.9 Å². The predicted molar refractivity (Wildman–Crippen MR) is 139 cm³/mol. The van der Waals surface area contributed by atoms with Crippen LogP contribution < -0.4 is 10.1 Å². The lowest BCUT2D eigenvalue weighted by Gasteiger charge is -2.31. The number of nitrogens with zero attached hydrogens (tertiary/aromatic N) is 3. The van der Waals surface area contributed by atoms with Crippen molar-refractivity contribution in [3.8, 4) is 5.75 Å². The summed E-state index contributed by atoms with van der Waals surface area (Å²) in [5, 5.41) is 13.3. The zero-order chi connectivity index (χ0) is 33.6. The highest BCUT2D eigenvalue weighted by Gasteiger charge is 2.74. The van der Waals surface area contributed by atoms with E-state index in [4.69, 9.17) is 0 Å². The van der Waals surface area contributed by atoms with Gasteiger partial charge in [-0.25, -0.2) is 4.99 Å². The standard InChI is InChI=1S/C24H27F9N4O5S/c1-6-37(7-2)19(39)17(34-11-16(38)35-12-20(3,4)40)18(43-5)14-9-8-13(10-15(14)42-24(31,32)33)21(36-41,22(25,26)27)23(28,29)30/h8-11,40H,6-7,12H2,1-5H3,(H,35,38)/b18-17-,34-11+. The molecule has 0 spiro atoms. The van der Waals surface area contributed by atoms with E-state index in [1.54, 1.807) is 0 Å². The van der Waals surface area contributed by atoms with Crippen molar-refractivity contribution in [3.05, 3.63) is 39.9 Å². The van der Waals surface area contributed by atoms with Crippen LogP contribution in [0.2, 0.25) is 0 Å². The Kier molecular flexibility index (Phi) is 12.2. The molecule has 0 saturated carbocycles. The summed E-state index contributed by atoms with van der Waals surface area (Å²) in [5.74, 6) is -3.59. The number of ether oxygens (including phenoxy) is 1. The van der Waals surface area contributed by atoms with E-state index in [1.807, 2.05) is 0 Å². The number of hydrogen-bond donors (Lipinski definition) is 2. The van der Waals surface area contributed by atoms with Crippen molar-refractivity contribution < 1.29 is 58.9 Å². The Morgan fingerprint density at radius 1 is 1.02 bits per heavy atom. The Balaban J connectivity index is 4.14. The number of nitroso groups, excluding NO2 is 1. The van der Waals surface area contributed by atoms with Gasteiger partial charge in [0.05, 0.1) is 11.8 Å². The summed E-state index contributed by atoms with van der Waals surface area (Å²) in [6.45, 7) is 5.50. The third kappa shape index (κ3) is 9.32. The maximum absolute atomic E-state index is 13.7. The molecule has 0 radical (unpaired) electrons. The van der Waals surface area contributed by atoms with Gasteiger partial charge in [-0.05, 0) is 51.3 Å². The quantitative estimate of drug-likeness (QED) is 0.132. The number of carbonyl (C=O) groups excluding carboxylic acids is 2. The van der Waals surface area contributed by atoms with E-state index in [9.17, 15) is 59.1 Å². The molecular weight excluding hydrogens is 627 g/mol. The first kappa shape index (κ1) is 37.7. The number of thioether (sulfide) groups is 1. The minimum absolute atomic E-state index is 0.0243. The van der Waals surface area contributed by atoms with Gasteiger partial charge >= 0.3 is 24.3 Å². The fourth-order valence-corrected chi connectivity index (χ4v) is 4.19. The maximum Gasteiger partial charge on any atom is 0.573 e. The van der Waals surface area contributed by atoms with Crippen molar-refractivity contribution in [1.29, 1.82) is 0 Å². The van der Waals surface area contributed by atoms with E-state index in [0.29, 0.717) is 24.0 Å². The smallest absolute Gasteiger partial charge is 0.405 e. The van der Waals surface area contributed by atoms with Crippen LogP contribution in [0.15, 0.2) is 34.1 Å². The van der Waals surface area contributed by atoms with E-state index >= 15 is 0 Å². The van der Waals surface area contributed by atoms with Gasteiger partial charge in [0.25, 0.3) is 11.8 Å². The molecule has 0 fully saturated rings. The van der Waals surface area contributed by atoms with Crippen LogP contribution in [0.4, 0.5) is 39.5 Å². The first-order valence-corrected chi connectivity index (χ1v) is 13.2. The average Bonchev–Trinajstić information content (AvgIpc) is 2.84. The molecule has 1 aromatic carbocycles. The molecule has 0 unspecified atom stereocenters. The number of carbonyl (C=O) groups is 2. The number of hydrogen-bond acceptors (Lipinski definition) is 8. The number of likely N-dealkylation sites (N-methyl/N-ethyl adjacent to an activating group) is 1. The molecule has 43 heavy (non-hydrogen) atoms. The Morgan fingerprint density at radius 3 is 1.95 bits per heavy atom. The fourth-order valence-electron chi connectivity index (χ4n) is 3.47. The number of benzene rings is 1. The van der Waals surface area contributed by atoms with Crippen LogP contribution in [0.3, 0.4) is 0 Å². The van der Waals surface area contributed by atoms with Crippen LogP contribution in [-0.4, -0.2) is 78.2 Å². The lowest BCUT2D eigenvalue weighted by Crippen LogP contribution is -2.52. The Hall–Kier alpha value is -3.35. The number of halogens is 9. The third-order valence-electron chi connectivity index (χ3n) is 5.51. The second kappa shape index (κ2) is 14.0.